The first-order valence-electron chi connectivity index (χ1n) is 4.67. The predicted octanol–water partition coefficient (Wildman–Crippen LogP) is 0.0474. The summed E-state index contributed by atoms with van der Waals surface area (Å²) in [5.74, 6) is 1.19. The van der Waals surface area contributed by atoms with E-state index in [2.05, 4.69) is 20.4 Å². The number of rotatable bonds is 3. The van der Waals surface area contributed by atoms with Crippen LogP contribution in [0.3, 0.4) is 0 Å². The number of nitrogens with zero attached hydrogens (tertiary/aromatic N) is 3. The summed E-state index contributed by atoms with van der Waals surface area (Å²) < 4.78 is 9.91. The SMILES string of the molecule is COCc1nc(N2CCNCC2)no1.Cl. The Morgan fingerprint density at radius 1 is 1.47 bits per heavy atom. The Hall–Kier alpha value is -0.850. The molecule has 0 aliphatic carbocycles. The number of nitrogens with one attached hydrogen (secondary N) is 1. The van der Waals surface area contributed by atoms with Gasteiger partial charge in [0.05, 0.1) is 0 Å². The number of hydrogen-bond acceptors (Lipinski definition) is 6. The van der Waals surface area contributed by atoms with Crippen molar-refractivity contribution in [2.45, 2.75) is 6.61 Å². The molecule has 0 aromatic carbocycles. The number of anilines is 1. The molecule has 6 nitrogen and oxygen atoms in total. The molecular formula is C8H15ClN4O2. The molecule has 1 saturated heterocycles. The summed E-state index contributed by atoms with van der Waals surface area (Å²) in [5.41, 5.74) is 0. The van der Waals surface area contributed by atoms with Gasteiger partial charge < -0.3 is 19.5 Å². The van der Waals surface area contributed by atoms with Gasteiger partial charge in [0.15, 0.2) is 0 Å². The minimum absolute atomic E-state index is 0. The second kappa shape index (κ2) is 5.89. The van der Waals surface area contributed by atoms with Crippen molar-refractivity contribution in [3.8, 4) is 0 Å². The van der Waals surface area contributed by atoms with Crippen LogP contribution in [0, 0.1) is 0 Å². The quantitative estimate of drug-likeness (QED) is 0.797. The number of methoxy groups -OCH3 is 1. The fraction of sp³-hybridized carbons (Fsp3) is 0.750. The average molecular weight is 235 g/mol. The summed E-state index contributed by atoms with van der Waals surface area (Å²) in [7, 11) is 1.61. The zero-order chi connectivity index (χ0) is 9.80. The molecule has 2 rings (SSSR count). The highest BCUT2D eigenvalue weighted by molar-refractivity contribution is 5.85. The smallest absolute Gasteiger partial charge is 0.266 e. The van der Waals surface area contributed by atoms with Gasteiger partial charge in [0.1, 0.15) is 6.61 Å². The third-order valence-corrected chi connectivity index (χ3v) is 2.13. The molecule has 0 saturated carbocycles. The third kappa shape index (κ3) is 3.05. The molecule has 15 heavy (non-hydrogen) atoms. The summed E-state index contributed by atoms with van der Waals surface area (Å²) in [6.45, 7) is 4.15. The van der Waals surface area contributed by atoms with Gasteiger partial charge in [-0.1, -0.05) is 0 Å². The lowest BCUT2D eigenvalue weighted by molar-refractivity contribution is 0.151. The number of piperazine rings is 1. The molecule has 1 aliphatic rings. The highest BCUT2D eigenvalue weighted by atomic mass is 35.5. The summed E-state index contributed by atoms with van der Waals surface area (Å²) in [4.78, 5) is 6.32. The number of aromatic nitrogens is 2. The zero-order valence-electron chi connectivity index (χ0n) is 8.60. The summed E-state index contributed by atoms with van der Waals surface area (Å²) in [5, 5.41) is 7.15. The van der Waals surface area contributed by atoms with E-state index in [4.69, 9.17) is 9.26 Å². The van der Waals surface area contributed by atoms with Crippen molar-refractivity contribution in [3.63, 3.8) is 0 Å². The van der Waals surface area contributed by atoms with E-state index in [1.165, 1.54) is 0 Å². The first-order valence-corrected chi connectivity index (χ1v) is 4.67. The number of hydrogen-bond donors (Lipinski definition) is 1. The van der Waals surface area contributed by atoms with Gasteiger partial charge >= 0.3 is 0 Å². The minimum atomic E-state index is 0. The molecule has 0 unspecified atom stereocenters. The Kier molecular flexibility index (Phi) is 4.80. The van der Waals surface area contributed by atoms with Gasteiger partial charge in [0.2, 0.25) is 0 Å². The van der Waals surface area contributed by atoms with E-state index in [-0.39, 0.29) is 12.4 Å². The summed E-state index contributed by atoms with van der Waals surface area (Å²) >= 11 is 0. The van der Waals surface area contributed by atoms with Crippen molar-refractivity contribution in [2.75, 3.05) is 38.2 Å². The molecule has 0 amide bonds. The van der Waals surface area contributed by atoms with Crippen LogP contribution in [0.5, 0.6) is 0 Å². The van der Waals surface area contributed by atoms with Gasteiger partial charge in [-0.15, -0.1) is 12.4 Å². The predicted molar refractivity (Wildman–Crippen MR) is 57.3 cm³/mol. The first kappa shape index (κ1) is 12.2. The van der Waals surface area contributed by atoms with E-state index < -0.39 is 0 Å². The highest BCUT2D eigenvalue weighted by Crippen LogP contribution is 2.09. The van der Waals surface area contributed by atoms with Crippen LogP contribution < -0.4 is 10.2 Å². The zero-order valence-corrected chi connectivity index (χ0v) is 9.42. The molecule has 0 atom stereocenters. The van der Waals surface area contributed by atoms with E-state index in [0.717, 1.165) is 26.2 Å². The monoisotopic (exact) mass is 234 g/mol. The largest absolute Gasteiger partial charge is 0.375 e. The van der Waals surface area contributed by atoms with E-state index >= 15 is 0 Å². The Bertz CT molecular complexity index is 288. The molecule has 0 spiro atoms. The van der Waals surface area contributed by atoms with Crippen LogP contribution >= 0.6 is 12.4 Å². The molecular weight excluding hydrogens is 220 g/mol. The maximum absolute atomic E-state index is 5.01. The maximum Gasteiger partial charge on any atom is 0.266 e. The Balaban J connectivity index is 0.00000112. The molecule has 1 aromatic rings. The lowest BCUT2D eigenvalue weighted by Crippen LogP contribution is -2.44. The van der Waals surface area contributed by atoms with Gasteiger partial charge in [-0.25, -0.2) is 0 Å². The molecule has 1 aromatic heterocycles. The average Bonchev–Trinajstić information content (AvgIpc) is 2.68. The second-order valence-electron chi connectivity index (χ2n) is 3.16. The van der Waals surface area contributed by atoms with Gasteiger partial charge in [-0.05, 0) is 5.16 Å². The lowest BCUT2D eigenvalue weighted by Gasteiger charge is -2.25. The Labute approximate surface area is 94.4 Å². The van der Waals surface area contributed by atoms with Crippen LogP contribution in [0.2, 0.25) is 0 Å². The van der Waals surface area contributed by atoms with E-state index in [1.54, 1.807) is 7.11 Å². The minimum Gasteiger partial charge on any atom is -0.375 e. The lowest BCUT2D eigenvalue weighted by atomic mass is 10.4. The van der Waals surface area contributed by atoms with Crippen LogP contribution in [0.4, 0.5) is 5.95 Å². The fourth-order valence-electron chi connectivity index (χ4n) is 1.42. The van der Waals surface area contributed by atoms with Crippen molar-refractivity contribution in [2.24, 2.45) is 0 Å². The Morgan fingerprint density at radius 2 is 2.20 bits per heavy atom. The molecule has 0 bridgehead atoms. The first-order chi connectivity index (χ1) is 6.90. The number of halogens is 1. The van der Waals surface area contributed by atoms with E-state index in [0.29, 0.717) is 18.4 Å². The molecule has 2 heterocycles. The molecule has 1 aliphatic heterocycles. The van der Waals surface area contributed by atoms with Crippen molar-refractivity contribution >= 4 is 18.4 Å². The van der Waals surface area contributed by atoms with Gasteiger partial charge in [-0.3, -0.25) is 0 Å². The van der Waals surface area contributed by atoms with Crippen LogP contribution in [0.1, 0.15) is 5.89 Å². The van der Waals surface area contributed by atoms with E-state index in [9.17, 15) is 0 Å². The van der Waals surface area contributed by atoms with Crippen molar-refractivity contribution in [1.82, 2.24) is 15.5 Å². The van der Waals surface area contributed by atoms with Crippen molar-refractivity contribution in [3.05, 3.63) is 5.89 Å². The highest BCUT2D eigenvalue weighted by Gasteiger charge is 2.15. The van der Waals surface area contributed by atoms with Crippen LogP contribution in [-0.2, 0) is 11.3 Å². The third-order valence-electron chi connectivity index (χ3n) is 2.13. The fourth-order valence-corrected chi connectivity index (χ4v) is 1.42. The summed E-state index contributed by atoms with van der Waals surface area (Å²) in [6.07, 6.45) is 0. The van der Waals surface area contributed by atoms with Crippen molar-refractivity contribution < 1.29 is 9.26 Å². The normalized spacial score (nSPS) is 16.2. The summed E-state index contributed by atoms with van der Waals surface area (Å²) in [6, 6.07) is 0. The molecule has 0 radical (unpaired) electrons. The van der Waals surface area contributed by atoms with Crippen LogP contribution in [0.25, 0.3) is 0 Å². The maximum atomic E-state index is 5.01. The number of ether oxygens (including phenoxy) is 1. The second-order valence-corrected chi connectivity index (χ2v) is 3.16. The van der Waals surface area contributed by atoms with E-state index in [1.807, 2.05) is 0 Å². The van der Waals surface area contributed by atoms with Crippen LogP contribution in [-0.4, -0.2) is 43.4 Å². The van der Waals surface area contributed by atoms with Gasteiger partial charge in [-0.2, -0.15) is 4.98 Å². The van der Waals surface area contributed by atoms with Gasteiger partial charge in [0, 0.05) is 33.3 Å². The molecule has 7 heteroatoms. The molecule has 1 fully saturated rings. The Morgan fingerprint density at radius 3 is 2.87 bits per heavy atom. The molecule has 86 valence electrons. The van der Waals surface area contributed by atoms with Gasteiger partial charge in [0.25, 0.3) is 11.8 Å². The topological polar surface area (TPSA) is 63.4 Å². The van der Waals surface area contributed by atoms with Crippen molar-refractivity contribution in [1.29, 1.82) is 0 Å². The standard InChI is InChI=1S/C8H14N4O2.ClH/c1-13-6-7-10-8(11-14-7)12-4-2-9-3-5-12;/h9H,2-6H2,1H3;1H. The molecule has 1 N–H and O–H groups in total. The van der Waals surface area contributed by atoms with Crippen LogP contribution in [0.15, 0.2) is 4.52 Å².